The van der Waals surface area contributed by atoms with Gasteiger partial charge in [0.15, 0.2) is 5.82 Å². The third-order valence-electron chi connectivity index (χ3n) is 2.33. The average Bonchev–Trinajstić information content (AvgIpc) is 2.33. The molecule has 0 unspecified atom stereocenters. The first-order valence-electron chi connectivity index (χ1n) is 5.13. The van der Waals surface area contributed by atoms with Gasteiger partial charge in [0.25, 0.3) is 0 Å². The number of aromatic hydroxyl groups is 1. The molecule has 0 fully saturated rings. The van der Waals surface area contributed by atoms with Gasteiger partial charge < -0.3 is 5.11 Å². The lowest BCUT2D eigenvalue weighted by Gasteiger charge is -2.00. The first-order valence-corrected chi connectivity index (χ1v) is 5.13. The standard InChI is InChI=1S/C13H11FN2O/c1-9-5-4-8-12(13(9)17)16-15-11-7-3-2-6-10(11)14/h2-8,17H,1H3. The summed E-state index contributed by atoms with van der Waals surface area (Å²) in [6.45, 7) is 1.76. The Morgan fingerprint density at radius 2 is 1.59 bits per heavy atom. The number of azo groups is 1. The molecule has 2 rings (SSSR count). The quantitative estimate of drug-likeness (QED) is 0.770. The molecule has 0 atom stereocenters. The van der Waals surface area contributed by atoms with Crippen molar-refractivity contribution in [1.82, 2.24) is 0 Å². The van der Waals surface area contributed by atoms with E-state index >= 15 is 0 Å². The second kappa shape index (κ2) is 4.74. The topological polar surface area (TPSA) is 45.0 Å². The highest BCUT2D eigenvalue weighted by molar-refractivity contribution is 5.54. The molecule has 0 saturated carbocycles. The van der Waals surface area contributed by atoms with Crippen molar-refractivity contribution < 1.29 is 9.50 Å². The van der Waals surface area contributed by atoms with E-state index in [1.54, 1.807) is 37.3 Å². The fourth-order valence-electron chi connectivity index (χ4n) is 1.36. The summed E-state index contributed by atoms with van der Waals surface area (Å²) in [5, 5.41) is 17.3. The smallest absolute Gasteiger partial charge is 0.150 e. The maximum atomic E-state index is 13.3. The summed E-state index contributed by atoms with van der Waals surface area (Å²) in [4.78, 5) is 0. The van der Waals surface area contributed by atoms with E-state index in [9.17, 15) is 9.50 Å². The van der Waals surface area contributed by atoms with Crippen LogP contribution in [0.2, 0.25) is 0 Å². The molecule has 2 aromatic carbocycles. The van der Waals surface area contributed by atoms with Gasteiger partial charge in [0, 0.05) is 0 Å². The van der Waals surface area contributed by atoms with Crippen LogP contribution < -0.4 is 0 Å². The zero-order chi connectivity index (χ0) is 12.3. The Morgan fingerprint density at radius 3 is 2.35 bits per heavy atom. The van der Waals surface area contributed by atoms with Crippen LogP contribution in [0.25, 0.3) is 0 Å². The van der Waals surface area contributed by atoms with Gasteiger partial charge in [0.2, 0.25) is 0 Å². The van der Waals surface area contributed by atoms with E-state index in [4.69, 9.17) is 0 Å². The number of hydrogen-bond donors (Lipinski definition) is 1. The summed E-state index contributed by atoms with van der Waals surface area (Å²) in [5.41, 5.74) is 1.18. The summed E-state index contributed by atoms with van der Waals surface area (Å²) in [6.07, 6.45) is 0. The Bertz CT molecular complexity index is 567. The molecule has 0 aliphatic carbocycles. The van der Waals surface area contributed by atoms with Gasteiger partial charge in [-0.2, -0.15) is 0 Å². The first-order chi connectivity index (χ1) is 8.18. The molecule has 3 nitrogen and oxygen atoms in total. The van der Waals surface area contributed by atoms with Crippen LogP contribution in [0.4, 0.5) is 15.8 Å². The number of rotatable bonds is 2. The number of aryl methyl sites for hydroxylation is 1. The molecule has 17 heavy (non-hydrogen) atoms. The molecule has 0 aliphatic heterocycles. The third-order valence-corrected chi connectivity index (χ3v) is 2.33. The summed E-state index contributed by atoms with van der Waals surface area (Å²) < 4.78 is 13.3. The SMILES string of the molecule is Cc1cccc(N=Nc2ccccc2F)c1O. The predicted molar refractivity (Wildman–Crippen MR) is 63.4 cm³/mol. The van der Waals surface area contributed by atoms with Gasteiger partial charge >= 0.3 is 0 Å². The van der Waals surface area contributed by atoms with E-state index in [0.717, 1.165) is 0 Å². The van der Waals surface area contributed by atoms with Crippen molar-refractivity contribution in [3.05, 3.63) is 53.8 Å². The molecule has 2 aromatic rings. The molecular weight excluding hydrogens is 219 g/mol. The fourth-order valence-corrected chi connectivity index (χ4v) is 1.36. The van der Waals surface area contributed by atoms with Crippen LogP contribution in [0.5, 0.6) is 5.75 Å². The summed E-state index contributed by atoms with van der Waals surface area (Å²) in [7, 11) is 0. The van der Waals surface area contributed by atoms with Crippen molar-refractivity contribution in [3.63, 3.8) is 0 Å². The van der Waals surface area contributed by atoms with Crippen LogP contribution in [0, 0.1) is 12.7 Å². The van der Waals surface area contributed by atoms with Crippen LogP contribution in [-0.2, 0) is 0 Å². The lowest BCUT2D eigenvalue weighted by atomic mass is 10.2. The number of halogens is 1. The molecule has 0 spiro atoms. The molecule has 86 valence electrons. The van der Waals surface area contributed by atoms with Gasteiger partial charge in [-0.1, -0.05) is 24.3 Å². The Hall–Kier alpha value is -2.23. The molecule has 4 heteroatoms. The molecule has 0 saturated heterocycles. The summed E-state index contributed by atoms with van der Waals surface area (Å²) in [6, 6.07) is 11.2. The van der Waals surface area contributed by atoms with Crippen LogP contribution in [0.15, 0.2) is 52.7 Å². The van der Waals surface area contributed by atoms with E-state index in [1.165, 1.54) is 12.1 Å². The minimum absolute atomic E-state index is 0.0626. The monoisotopic (exact) mass is 230 g/mol. The van der Waals surface area contributed by atoms with E-state index in [-0.39, 0.29) is 11.4 Å². The fraction of sp³-hybridized carbons (Fsp3) is 0.0769. The Balaban J connectivity index is 2.33. The van der Waals surface area contributed by atoms with Gasteiger partial charge in [-0.25, -0.2) is 4.39 Å². The van der Waals surface area contributed by atoms with E-state index in [0.29, 0.717) is 11.3 Å². The van der Waals surface area contributed by atoms with Crippen molar-refractivity contribution in [2.75, 3.05) is 0 Å². The van der Waals surface area contributed by atoms with Crippen molar-refractivity contribution >= 4 is 11.4 Å². The maximum Gasteiger partial charge on any atom is 0.150 e. The first kappa shape index (κ1) is 11.3. The second-order valence-corrected chi connectivity index (χ2v) is 3.59. The highest BCUT2D eigenvalue weighted by Crippen LogP contribution is 2.31. The number of nitrogens with zero attached hydrogens (tertiary/aromatic N) is 2. The van der Waals surface area contributed by atoms with Gasteiger partial charge in [-0.3, -0.25) is 0 Å². The minimum atomic E-state index is -0.441. The lowest BCUT2D eigenvalue weighted by molar-refractivity contribution is 0.472. The summed E-state index contributed by atoms with van der Waals surface area (Å²) in [5.74, 6) is -0.379. The Morgan fingerprint density at radius 1 is 0.941 bits per heavy atom. The zero-order valence-corrected chi connectivity index (χ0v) is 9.26. The molecule has 0 amide bonds. The van der Waals surface area contributed by atoms with Gasteiger partial charge in [0.1, 0.15) is 17.1 Å². The van der Waals surface area contributed by atoms with Crippen molar-refractivity contribution in [3.8, 4) is 5.75 Å². The predicted octanol–water partition coefficient (Wildman–Crippen LogP) is 4.26. The lowest BCUT2D eigenvalue weighted by Crippen LogP contribution is -1.75. The highest BCUT2D eigenvalue weighted by atomic mass is 19.1. The molecule has 1 N–H and O–H groups in total. The molecule has 0 aliphatic rings. The number of para-hydroxylation sites is 1. The second-order valence-electron chi connectivity index (χ2n) is 3.59. The normalized spacial score (nSPS) is 10.9. The van der Waals surface area contributed by atoms with Crippen molar-refractivity contribution in [2.45, 2.75) is 6.92 Å². The maximum absolute atomic E-state index is 13.3. The van der Waals surface area contributed by atoms with Crippen LogP contribution >= 0.6 is 0 Å². The van der Waals surface area contributed by atoms with E-state index in [2.05, 4.69) is 10.2 Å². The number of phenolic OH excluding ortho intramolecular Hbond substituents is 1. The van der Waals surface area contributed by atoms with Crippen LogP contribution in [0.1, 0.15) is 5.56 Å². The molecule has 0 aromatic heterocycles. The Labute approximate surface area is 98.3 Å². The highest BCUT2D eigenvalue weighted by Gasteiger charge is 2.03. The molecule has 0 radical (unpaired) electrons. The van der Waals surface area contributed by atoms with Gasteiger partial charge in [-0.05, 0) is 30.7 Å². The number of phenols is 1. The third kappa shape index (κ3) is 2.47. The summed E-state index contributed by atoms with van der Waals surface area (Å²) >= 11 is 0. The number of benzene rings is 2. The van der Waals surface area contributed by atoms with Crippen LogP contribution in [-0.4, -0.2) is 5.11 Å². The molecule has 0 bridgehead atoms. The van der Waals surface area contributed by atoms with E-state index < -0.39 is 5.82 Å². The van der Waals surface area contributed by atoms with Crippen LogP contribution in [0.3, 0.4) is 0 Å². The Kier molecular flexibility index (Phi) is 3.14. The van der Waals surface area contributed by atoms with Crippen molar-refractivity contribution in [1.29, 1.82) is 0 Å². The number of hydrogen-bond acceptors (Lipinski definition) is 3. The average molecular weight is 230 g/mol. The zero-order valence-electron chi connectivity index (χ0n) is 9.26. The van der Waals surface area contributed by atoms with Gasteiger partial charge in [-0.15, -0.1) is 10.2 Å². The van der Waals surface area contributed by atoms with Gasteiger partial charge in [0.05, 0.1) is 0 Å². The molecule has 0 heterocycles. The van der Waals surface area contributed by atoms with E-state index in [1.807, 2.05) is 0 Å². The molecular formula is C13H11FN2O. The minimum Gasteiger partial charge on any atom is -0.505 e. The largest absolute Gasteiger partial charge is 0.505 e. The van der Waals surface area contributed by atoms with Crippen molar-refractivity contribution in [2.24, 2.45) is 10.2 Å².